The highest BCUT2D eigenvalue weighted by Crippen LogP contribution is 2.17. The predicted molar refractivity (Wildman–Crippen MR) is 69.0 cm³/mol. The molecule has 0 aliphatic carbocycles. The third-order valence-electron chi connectivity index (χ3n) is 2.46. The summed E-state index contributed by atoms with van der Waals surface area (Å²) in [5, 5.41) is 13.6. The highest BCUT2D eigenvalue weighted by molar-refractivity contribution is 5.44. The van der Waals surface area contributed by atoms with E-state index in [2.05, 4.69) is 15.3 Å². The normalized spacial score (nSPS) is 9.95. The average Bonchev–Trinajstić information content (AvgIpc) is 2.45. The van der Waals surface area contributed by atoms with Gasteiger partial charge in [-0.1, -0.05) is 6.07 Å². The van der Waals surface area contributed by atoms with E-state index in [0.717, 1.165) is 5.56 Å². The molecule has 0 fully saturated rings. The number of hydrogen-bond acceptors (Lipinski definition) is 6. The van der Waals surface area contributed by atoms with Crippen molar-refractivity contribution in [1.29, 1.82) is 0 Å². The monoisotopic (exact) mass is 260 g/mol. The second kappa shape index (κ2) is 5.76. The zero-order valence-electron chi connectivity index (χ0n) is 10.2. The van der Waals surface area contributed by atoms with Gasteiger partial charge in [0.15, 0.2) is 6.20 Å². The summed E-state index contributed by atoms with van der Waals surface area (Å²) in [6.07, 6.45) is 3.07. The van der Waals surface area contributed by atoms with E-state index in [0.29, 0.717) is 18.1 Å². The molecule has 2 aromatic rings. The SMILES string of the molecule is COc1ncccc1CNc1ccc([N+](=O)[O-])nc1. The van der Waals surface area contributed by atoms with Gasteiger partial charge < -0.3 is 20.2 Å². The van der Waals surface area contributed by atoms with Crippen LogP contribution in [-0.4, -0.2) is 22.0 Å². The van der Waals surface area contributed by atoms with E-state index < -0.39 is 4.92 Å². The van der Waals surface area contributed by atoms with Crippen molar-refractivity contribution in [1.82, 2.24) is 9.97 Å². The van der Waals surface area contributed by atoms with Crippen LogP contribution in [0.25, 0.3) is 0 Å². The second-order valence-corrected chi connectivity index (χ2v) is 3.69. The Morgan fingerprint density at radius 2 is 2.21 bits per heavy atom. The Bertz CT molecular complexity index is 571. The lowest BCUT2D eigenvalue weighted by atomic mass is 10.2. The molecule has 0 atom stereocenters. The van der Waals surface area contributed by atoms with Crippen molar-refractivity contribution in [2.45, 2.75) is 6.54 Å². The zero-order chi connectivity index (χ0) is 13.7. The van der Waals surface area contributed by atoms with Crippen LogP contribution in [0, 0.1) is 10.1 Å². The first-order valence-corrected chi connectivity index (χ1v) is 5.53. The largest absolute Gasteiger partial charge is 0.481 e. The summed E-state index contributed by atoms with van der Waals surface area (Å²) in [6, 6.07) is 6.65. The Labute approximate surface area is 109 Å². The molecule has 2 heterocycles. The van der Waals surface area contributed by atoms with E-state index in [4.69, 9.17) is 4.74 Å². The molecule has 0 radical (unpaired) electrons. The quantitative estimate of drug-likeness (QED) is 0.653. The van der Waals surface area contributed by atoms with Gasteiger partial charge in [0.25, 0.3) is 0 Å². The van der Waals surface area contributed by atoms with Gasteiger partial charge in [0.05, 0.1) is 12.8 Å². The smallest absolute Gasteiger partial charge is 0.363 e. The standard InChI is InChI=1S/C12H12N4O3/c1-19-12-9(3-2-6-13-12)7-14-10-4-5-11(15-8-10)16(17)18/h2-6,8,14H,7H2,1H3. The minimum atomic E-state index is -0.534. The topological polar surface area (TPSA) is 90.2 Å². The first-order chi connectivity index (χ1) is 9.20. The molecule has 19 heavy (non-hydrogen) atoms. The van der Waals surface area contributed by atoms with Crippen molar-refractivity contribution in [2.75, 3.05) is 12.4 Å². The molecule has 0 aliphatic rings. The lowest BCUT2D eigenvalue weighted by Gasteiger charge is -2.08. The minimum absolute atomic E-state index is 0.176. The van der Waals surface area contributed by atoms with Crippen LogP contribution >= 0.6 is 0 Å². The number of rotatable bonds is 5. The molecule has 98 valence electrons. The van der Waals surface area contributed by atoms with E-state index in [1.54, 1.807) is 19.4 Å². The number of nitro groups is 1. The van der Waals surface area contributed by atoms with Crippen LogP contribution in [0.2, 0.25) is 0 Å². The molecular formula is C12H12N4O3. The van der Waals surface area contributed by atoms with Crippen LogP contribution in [0.4, 0.5) is 11.5 Å². The molecule has 7 nitrogen and oxygen atoms in total. The predicted octanol–water partition coefficient (Wildman–Crippen LogP) is 2.01. The molecule has 0 aliphatic heterocycles. The highest BCUT2D eigenvalue weighted by Gasteiger charge is 2.07. The molecule has 2 rings (SSSR count). The molecule has 0 amide bonds. The van der Waals surface area contributed by atoms with Crippen molar-refractivity contribution >= 4 is 11.5 Å². The van der Waals surface area contributed by atoms with Crippen LogP contribution in [0.3, 0.4) is 0 Å². The number of anilines is 1. The van der Waals surface area contributed by atoms with Gasteiger partial charge in [0.2, 0.25) is 5.88 Å². The Balaban J connectivity index is 2.04. The summed E-state index contributed by atoms with van der Waals surface area (Å²) in [5.41, 5.74) is 1.58. The molecule has 2 aromatic heterocycles. The van der Waals surface area contributed by atoms with Crippen molar-refractivity contribution in [3.8, 4) is 5.88 Å². The molecule has 0 bridgehead atoms. The number of aromatic nitrogens is 2. The number of hydrogen-bond donors (Lipinski definition) is 1. The Hall–Kier alpha value is -2.70. The summed E-state index contributed by atoms with van der Waals surface area (Å²) in [7, 11) is 1.55. The Morgan fingerprint density at radius 3 is 2.84 bits per heavy atom. The third-order valence-corrected chi connectivity index (χ3v) is 2.46. The number of ether oxygens (including phenoxy) is 1. The van der Waals surface area contributed by atoms with Crippen molar-refractivity contribution in [2.24, 2.45) is 0 Å². The van der Waals surface area contributed by atoms with E-state index in [1.165, 1.54) is 12.3 Å². The summed E-state index contributed by atoms with van der Waals surface area (Å²) in [5.74, 6) is 0.370. The molecular weight excluding hydrogens is 248 g/mol. The van der Waals surface area contributed by atoms with Crippen LogP contribution in [0.1, 0.15) is 5.56 Å². The summed E-state index contributed by atoms with van der Waals surface area (Å²) < 4.78 is 5.13. The van der Waals surface area contributed by atoms with E-state index in [-0.39, 0.29) is 5.82 Å². The highest BCUT2D eigenvalue weighted by atomic mass is 16.6. The van der Waals surface area contributed by atoms with E-state index in [1.807, 2.05) is 12.1 Å². The van der Waals surface area contributed by atoms with Crippen LogP contribution in [-0.2, 0) is 6.54 Å². The lowest BCUT2D eigenvalue weighted by molar-refractivity contribution is -0.389. The first-order valence-electron chi connectivity index (χ1n) is 5.53. The Kier molecular flexibility index (Phi) is 3.87. The van der Waals surface area contributed by atoms with E-state index in [9.17, 15) is 10.1 Å². The number of pyridine rings is 2. The minimum Gasteiger partial charge on any atom is -0.481 e. The summed E-state index contributed by atoms with van der Waals surface area (Å²) >= 11 is 0. The zero-order valence-corrected chi connectivity index (χ0v) is 10.2. The van der Waals surface area contributed by atoms with Crippen molar-refractivity contribution in [3.05, 3.63) is 52.3 Å². The number of nitrogens with zero attached hydrogens (tertiary/aromatic N) is 3. The van der Waals surface area contributed by atoms with Gasteiger partial charge in [-0.25, -0.2) is 4.98 Å². The fraction of sp³-hybridized carbons (Fsp3) is 0.167. The van der Waals surface area contributed by atoms with Gasteiger partial charge in [0.1, 0.15) is 0 Å². The van der Waals surface area contributed by atoms with Gasteiger partial charge in [0, 0.05) is 24.4 Å². The van der Waals surface area contributed by atoms with Gasteiger partial charge in [-0.05, 0) is 22.0 Å². The maximum atomic E-state index is 10.5. The summed E-state index contributed by atoms with van der Waals surface area (Å²) in [4.78, 5) is 17.7. The fourth-order valence-electron chi connectivity index (χ4n) is 1.54. The second-order valence-electron chi connectivity index (χ2n) is 3.69. The van der Waals surface area contributed by atoms with Crippen LogP contribution in [0.15, 0.2) is 36.7 Å². The maximum absolute atomic E-state index is 10.5. The number of methoxy groups -OCH3 is 1. The molecule has 7 heteroatoms. The van der Waals surface area contributed by atoms with Gasteiger partial charge >= 0.3 is 5.82 Å². The fourth-order valence-corrected chi connectivity index (χ4v) is 1.54. The first kappa shape index (κ1) is 12.7. The van der Waals surface area contributed by atoms with Crippen LogP contribution < -0.4 is 10.1 Å². The van der Waals surface area contributed by atoms with E-state index >= 15 is 0 Å². The Morgan fingerprint density at radius 1 is 1.37 bits per heavy atom. The third kappa shape index (κ3) is 3.15. The van der Waals surface area contributed by atoms with Crippen molar-refractivity contribution < 1.29 is 9.66 Å². The molecule has 0 spiro atoms. The molecule has 1 N–H and O–H groups in total. The van der Waals surface area contributed by atoms with Crippen LogP contribution in [0.5, 0.6) is 5.88 Å². The lowest BCUT2D eigenvalue weighted by Crippen LogP contribution is -2.03. The summed E-state index contributed by atoms with van der Waals surface area (Å²) in [6.45, 7) is 0.497. The maximum Gasteiger partial charge on any atom is 0.363 e. The van der Waals surface area contributed by atoms with Gasteiger partial charge in [-0.2, -0.15) is 0 Å². The molecule has 0 unspecified atom stereocenters. The van der Waals surface area contributed by atoms with Gasteiger partial charge in [-0.3, -0.25) is 0 Å². The van der Waals surface area contributed by atoms with Crippen molar-refractivity contribution in [3.63, 3.8) is 0 Å². The molecule has 0 saturated carbocycles. The average molecular weight is 260 g/mol. The molecule has 0 saturated heterocycles. The molecule has 0 aromatic carbocycles. The number of nitrogens with one attached hydrogen (secondary N) is 1. The van der Waals surface area contributed by atoms with Gasteiger partial charge in [-0.15, -0.1) is 0 Å².